The summed E-state index contributed by atoms with van der Waals surface area (Å²) in [6, 6.07) is 0. The first kappa shape index (κ1) is 15.2. The van der Waals surface area contributed by atoms with E-state index in [1.165, 1.54) is 19.5 Å². The monoisotopic (exact) mass is 302 g/mol. The molecule has 0 amide bonds. The van der Waals surface area contributed by atoms with Crippen molar-refractivity contribution in [1.82, 2.24) is 24.6 Å². The number of fused-ring (bicyclic) bond motifs is 1. The number of aryl methyl sites for hydroxylation is 1. The fraction of sp³-hybridized carbons (Fsp3) is 0.688. The lowest BCUT2D eigenvalue weighted by Crippen LogP contribution is -2.39. The number of hydrogen-bond acceptors (Lipinski definition) is 5. The van der Waals surface area contributed by atoms with E-state index in [2.05, 4.69) is 39.1 Å². The molecule has 2 aromatic heterocycles. The molecule has 0 saturated carbocycles. The van der Waals surface area contributed by atoms with Crippen LogP contribution in [0.5, 0.6) is 0 Å². The van der Waals surface area contributed by atoms with Crippen molar-refractivity contribution in [1.29, 1.82) is 0 Å². The van der Waals surface area contributed by atoms with Gasteiger partial charge in [-0.15, -0.1) is 0 Å². The Kier molecular flexibility index (Phi) is 4.57. The Hall–Kier alpha value is -1.69. The molecule has 0 radical (unpaired) electrons. The molecule has 6 heteroatoms. The number of rotatable bonds is 5. The molecule has 1 aliphatic rings. The van der Waals surface area contributed by atoms with Crippen LogP contribution in [0.15, 0.2) is 12.5 Å². The Balaban J connectivity index is 1.50. The van der Waals surface area contributed by atoms with Crippen molar-refractivity contribution in [3.63, 3.8) is 0 Å². The first-order chi connectivity index (χ1) is 10.6. The van der Waals surface area contributed by atoms with Crippen molar-refractivity contribution in [2.75, 3.05) is 31.5 Å². The van der Waals surface area contributed by atoms with Crippen LogP contribution in [0.2, 0.25) is 0 Å². The summed E-state index contributed by atoms with van der Waals surface area (Å²) < 4.78 is 1.78. The van der Waals surface area contributed by atoms with Crippen molar-refractivity contribution in [3.8, 4) is 0 Å². The molecular weight excluding hydrogens is 276 g/mol. The minimum Gasteiger partial charge on any atom is -0.369 e. The van der Waals surface area contributed by atoms with Gasteiger partial charge in [-0.25, -0.2) is 9.97 Å². The molecule has 0 aromatic carbocycles. The van der Waals surface area contributed by atoms with E-state index >= 15 is 0 Å². The third-order valence-corrected chi connectivity index (χ3v) is 4.42. The fourth-order valence-electron chi connectivity index (χ4n) is 3.59. The van der Waals surface area contributed by atoms with Gasteiger partial charge in [0.15, 0.2) is 5.65 Å². The molecule has 1 saturated heterocycles. The summed E-state index contributed by atoms with van der Waals surface area (Å²) in [6.45, 7) is 9.29. The van der Waals surface area contributed by atoms with Gasteiger partial charge in [0.1, 0.15) is 12.1 Å². The Bertz CT molecular complexity index is 612. The van der Waals surface area contributed by atoms with Crippen molar-refractivity contribution >= 4 is 16.9 Å². The van der Waals surface area contributed by atoms with Gasteiger partial charge < -0.3 is 10.2 Å². The standard InChI is InChI=1S/C16H26N6/c1-12-7-13(2)10-22(9-12)6-4-5-17-15-14-8-20-21(3)16(14)19-11-18-15/h8,11-13H,4-7,9-10H2,1-3H3,(H,17,18,19)/t12-,13+. The zero-order valence-electron chi connectivity index (χ0n) is 13.8. The van der Waals surface area contributed by atoms with Crippen molar-refractivity contribution in [2.45, 2.75) is 26.7 Å². The van der Waals surface area contributed by atoms with Gasteiger partial charge in [-0.1, -0.05) is 13.8 Å². The largest absolute Gasteiger partial charge is 0.369 e. The molecule has 1 aliphatic heterocycles. The van der Waals surface area contributed by atoms with Crippen LogP contribution >= 0.6 is 0 Å². The second-order valence-electron chi connectivity index (χ2n) is 6.71. The first-order valence-corrected chi connectivity index (χ1v) is 8.22. The highest BCUT2D eigenvalue weighted by Crippen LogP contribution is 2.21. The second kappa shape index (κ2) is 6.60. The molecule has 0 bridgehead atoms. The summed E-state index contributed by atoms with van der Waals surface area (Å²) >= 11 is 0. The van der Waals surface area contributed by atoms with E-state index in [1.54, 1.807) is 11.0 Å². The average Bonchev–Trinajstić information content (AvgIpc) is 2.85. The number of likely N-dealkylation sites (tertiary alicyclic amines) is 1. The predicted octanol–water partition coefficient (Wildman–Crippen LogP) is 2.14. The molecule has 0 unspecified atom stereocenters. The second-order valence-corrected chi connectivity index (χ2v) is 6.71. The van der Waals surface area contributed by atoms with Crippen molar-refractivity contribution in [2.24, 2.45) is 18.9 Å². The third kappa shape index (κ3) is 3.38. The number of nitrogens with one attached hydrogen (secondary N) is 1. The third-order valence-electron chi connectivity index (χ3n) is 4.42. The lowest BCUT2D eigenvalue weighted by atomic mass is 9.92. The molecule has 1 N–H and O–H groups in total. The molecule has 1 fully saturated rings. The maximum Gasteiger partial charge on any atom is 0.163 e. The van der Waals surface area contributed by atoms with Crippen LogP contribution in [0, 0.1) is 11.8 Å². The number of anilines is 1. The van der Waals surface area contributed by atoms with Gasteiger partial charge in [0.2, 0.25) is 0 Å². The Morgan fingerprint density at radius 3 is 2.77 bits per heavy atom. The predicted molar refractivity (Wildman–Crippen MR) is 88.8 cm³/mol. The molecule has 6 nitrogen and oxygen atoms in total. The van der Waals surface area contributed by atoms with Crippen LogP contribution in [0.3, 0.4) is 0 Å². The van der Waals surface area contributed by atoms with E-state index in [-0.39, 0.29) is 0 Å². The Morgan fingerprint density at radius 1 is 1.23 bits per heavy atom. The first-order valence-electron chi connectivity index (χ1n) is 8.22. The summed E-state index contributed by atoms with van der Waals surface area (Å²) in [4.78, 5) is 11.2. The molecule has 2 aromatic rings. The van der Waals surface area contributed by atoms with Crippen LogP contribution in [0.4, 0.5) is 5.82 Å². The lowest BCUT2D eigenvalue weighted by molar-refractivity contribution is 0.141. The minimum absolute atomic E-state index is 0.827. The molecule has 120 valence electrons. The van der Waals surface area contributed by atoms with E-state index in [0.717, 1.165) is 48.2 Å². The van der Waals surface area contributed by atoms with E-state index in [4.69, 9.17) is 0 Å². The molecule has 3 heterocycles. The molecule has 0 spiro atoms. The van der Waals surface area contributed by atoms with Gasteiger partial charge in [-0.3, -0.25) is 4.68 Å². The highest BCUT2D eigenvalue weighted by atomic mass is 15.3. The van der Waals surface area contributed by atoms with E-state index in [9.17, 15) is 0 Å². The number of hydrogen-bond donors (Lipinski definition) is 1. The average molecular weight is 302 g/mol. The maximum atomic E-state index is 4.34. The minimum atomic E-state index is 0.827. The highest BCUT2D eigenvalue weighted by Gasteiger charge is 2.21. The summed E-state index contributed by atoms with van der Waals surface area (Å²) in [5, 5.41) is 8.66. The van der Waals surface area contributed by atoms with Gasteiger partial charge in [0.05, 0.1) is 11.6 Å². The molecule has 2 atom stereocenters. The van der Waals surface area contributed by atoms with Crippen LogP contribution in [0.1, 0.15) is 26.7 Å². The van der Waals surface area contributed by atoms with Gasteiger partial charge in [-0.05, 0) is 31.2 Å². The smallest absolute Gasteiger partial charge is 0.163 e. The zero-order valence-corrected chi connectivity index (χ0v) is 13.8. The van der Waals surface area contributed by atoms with Crippen LogP contribution < -0.4 is 5.32 Å². The van der Waals surface area contributed by atoms with Gasteiger partial charge in [0, 0.05) is 26.7 Å². The van der Waals surface area contributed by atoms with Crippen molar-refractivity contribution < 1.29 is 0 Å². The van der Waals surface area contributed by atoms with Crippen molar-refractivity contribution in [3.05, 3.63) is 12.5 Å². The number of piperidine rings is 1. The summed E-state index contributed by atoms with van der Waals surface area (Å²) in [5.41, 5.74) is 0.871. The van der Waals surface area contributed by atoms with E-state index < -0.39 is 0 Å². The summed E-state index contributed by atoms with van der Waals surface area (Å²) in [6.07, 6.45) is 5.92. The molecule has 0 aliphatic carbocycles. The quantitative estimate of drug-likeness (QED) is 0.858. The number of nitrogens with zero attached hydrogens (tertiary/aromatic N) is 5. The highest BCUT2D eigenvalue weighted by molar-refractivity contribution is 5.85. The van der Waals surface area contributed by atoms with Crippen LogP contribution in [0.25, 0.3) is 11.0 Å². The zero-order chi connectivity index (χ0) is 15.5. The molecule has 22 heavy (non-hydrogen) atoms. The van der Waals surface area contributed by atoms with E-state index in [1.807, 2.05) is 13.2 Å². The van der Waals surface area contributed by atoms with E-state index in [0.29, 0.717) is 0 Å². The maximum absolute atomic E-state index is 4.34. The van der Waals surface area contributed by atoms with Gasteiger partial charge in [0.25, 0.3) is 0 Å². The topological polar surface area (TPSA) is 58.9 Å². The van der Waals surface area contributed by atoms with Gasteiger partial charge in [-0.2, -0.15) is 5.10 Å². The molecular formula is C16H26N6. The Morgan fingerprint density at radius 2 is 2.00 bits per heavy atom. The SMILES string of the molecule is C[C@@H]1C[C@H](C)CN(CCCNc2ncnc3c2cnn3C)C1. The fourth-order valence-corrected chi connectivity index (χ4v) is 3.59. The van der Waals surface area contributed by atoms with Crippen LogP contribution in [-0.4, -0.2) is 50.8 Å². The van der Waals surface area contributed by atoms with Crippen LogP contribution in [-0.2, 0) is 7.05 Å². The number of aromatic nitrogens is 4. The molecule has 3 rings (SSSR count). The lowest BCUT2D eigenvalue weighted by Gasteiger charge is -2.34. The normalized spacial score (nSPS) is 23.0. The summed E-state index contributed by atoms with van der Waals surface area (Å²) in [7, 11) is 1.90. The van der Waals surface area contributed by atoms with Gasteiger partial charge >= 0.3 is 0 Å². The summed E-state index contributed by atoms with van der Waals surface area (Å²) in [5.74, 6) is 2.54. The Labute approximate surface area is 131 Å².